The van der Waals surface area contributed by atoms with Crippen molar-refractivity contribution in [2.45, 2.75) is 13.8 Å². The maximum Gasteiger partial charge on any atom is 0.317 e. The molecule has 2 aromatic heterocycles. The number of nitrogen functional groups attached to an aromatic ring is 1. The zero-order valence-electron chi connectivity index (χ0n) is 12.9. The van der Waals surface area contributed by atoms with Crippen LogP contribution in [0.2, 0.25) is 0 Å². The Labute approximate surface area is 145 Å². The summed E-state index contributed by atoms with van der Waals surface area (Å²) in [5, 5.41) is 17.8. The number of nitrogens with zero attached hydrogens (tertiary/aromatic N) is 5. The fourth-order valence-electron chi connectivity index (χ4n) is 1.85. The van der Waals surface area contributed by atoms with Gasteiger partial charge in [-0.3, -0.25) is 29.1 Å². The van der Waals surface area contributed by atoms with Crippen LogP contribution in [0.5, 0.6) is 0 Å². The summed E-state index contributed by atoms with van der Waals surface area (Å²) < 4.78 is 2.66. The standard InChI is InChI=1S/C6H7N3O3.C6H9N3O.Pd/c1-4(10)6-5(9(11)12)3-7-8(6)2;1-4(10)6-5(7)3-8-9(6)2;/h3H,1-2H3;3H,7H2,1-2H3;. The summed E-state index contributed by atoms with van der Waals surface area (Å²) in [5.41, 5.74) is 6.13. The smallest absolute Gasteiger partial charge is 0.317 e. The predicted molar refractivity (Wildman–Crippen MR) is 77.5 cm³/mol. The number of anilines is 1. The Morgan fingerprint density at radius 2 is 1.52 bits per heavy atom. The van der Waals surface area contributed by atoms with Gasteiger partial charge in [0.15, 0.2) is 17.3 Å². The first-order chi connectivity index (χ1) is 10.2. The van der Waals surface area contributed by atoms with E-state index in [9.17, 15) is 19.7 Å². The normalized spacial score (nSPS) is 9.39. The van der Waals surface area contributed by atoms with Gasteiger partial charge in [-0.1, -0.05) is 0 Å². The summed E-state index contributed by atoms with van der Waals surface area (Å²) in [6.45, 7) is 2.73. The number of nitrogens with two attached hydrogens (primary N) is 1. The zero-order chi connectivity index (χ0) is 17.0. The van der Waals surface area contributed by atoms with E-state index < -0.39 is 4.92 Å². The molecule has 0 aliphatic rings. The molecule has 0 atom stereocenters. The summed E-state index contributed by atoms with van der Waals surface area (Å²) in [4.78, 5) is 31.4. The van der Waals surface area contributed by atoms with Gasteiger partial charge in [-0.25, -0.2) is 0 Å². The van der Waals surface area contributed by atoms with Gasteiger partial charge in [0.1, 0.15) is 11.9 Å². The van der Waals surface area contributed by atoms with Crippen LogP contribution in [0.3, 0.4) is 0 Å². The molecule has 0 aliphatic heterocycles. The minimum Gasteiger partial charge on any atom is -0.396 e. The van der Waals surface area contributed by atoms with Gasteiger partial charge in [-0.2, -0.15) is 10.2 Å². The van der Waals surface area contributed by atoms with Crippen LogP contribution in [-0.2, 0) is 34.5 Å². The molecule has 11 heteroatoms. The second-order valence-corrected chi connectivity index (χ2v) is 4.44. The molecule has 0 aliphatic carbocycles. The molecule has 0 unspecified atom stereocenters. The van der Waals surface area contributed by atoms with E-state index in [-0.39, 0.29) is 43.4 Å². The molecule has 0 amide bonds. The van der Waals surface area contributed by atoms with Gasteiger partial charge in [0.05, 0.1) is 16.8 Å². The van der Waals surface area contributed by atoms with Crippen molar-refractivity contribution in [2.24, 2.45) is 14.1 Å². The van der Waals surface area contributed by atoms with Crippen LogP contribution >= 0.6 is 0 Å². The molecule has 2 N–H and O–H groups in total. The fourth-order valence-corrected chi connectivity index (χ4v) is 1.85. The van der Waals surface area contributed by atoms with E-state index in [1.54, 1.807) is 7.05 Å². The maximum atomic E-state index is 10.9. The summed E-state index contributed by atoms with van der Waals surface area (Å²) in [6, 6.07) is 0. The molecule has 2 rings (SSSR count). The summed E-state index contributed by atoms with van der Waals surface area (Å²) in [6.07, 6.45) is 2.54. The first-order valence-corrected chi connectivity index (χ1v) is 6.12. The second kappa shape index (κ2) is 8.31. The fraction of sp³-hybridized carbons (Fsp3) is 0.333. The first-order valence-electron chi connectivity index (χ1n) is 6.12. The van der Waals surface area contributed by atoms with Crippen molar-refractivity contribution in [1.29, 1.82) is 0 Å². The van der Waals surface area contributed by atoms with Gasteiger partial charge >= 0.3 is 5.69 Å². The Kier molecular flexibility index (Phi) is 7.45. The number of carbonyl (C=O) groups excluding carboxylic acids is 2. The first kappa shape index (κ1) is 20.6. The third-order valence-electron chi connectivity index (χ3n) is 2.75. The molecule has 0 aromatic carbocycles. The summed E-state index contributed by atoms with van der Waals surface area (Å²) in [7, 11) is 3.18. The van der Waals surface area contributed by atoms with Gasteiger partial charge in [0.2, 0.25) is 0 Å². The number of carbonyl (C=O) groups is 2. The maximum absolute atomic E-state index is 10.9. The number of aromatic nitrogens is 4. The van der Waals surface area contributed by atoms with Crippen LogP contribution in [0, 0.1) is 10.1 Å². The van der Waals surface area contributed by atoms with Crippen molar-refractivity contribution < 1.29 is 34.9 Å². The molecule has 2 aromatic rings. The SMILES string of the molecule is CC(=O)c1c(N)cnn1C.CC(=O)c1c([N+](=O)[O-])cnn1C.[Pd]. The minimum atomic E-state index is -0.621. The van der Waals surface area contributed by atoms with E-state index in [4.69, 9.17) is 5.73 Å². The van der Waals surface area contributed by atoms with Crippen molar-refractivity contribution in [1.82, 2.24) is 19.6 Å². The van der Waals surface area contributed by atoms with E-state index in [0.29, 0.717) is 11.4 Å². The third kappa shape index (κ3) is 4.80. The molecule has 0 radical (unpaired) electrons. The zero-order valence-corrected chi connectivity index (χ0v) is 14.5. The van der Waals surface area contributed by atoms with Crippen molar-refractivity contribution in [3.05, 3.63) is 33.9 Å². The van der Waals surface area contributed by atoms with Gasteiger partial charge in [0, 0.05) is 48.4 Å². The summed E-state index contributed by atoms with van der Waals surface area (Å²) >= 11 is 0. The number of hydrogen-bond acceptors (Lipinski definition) is 7. The Balaban J connectivity index is 0.000000409. The molecule has 0 spiro atoms. The van der Waals surface area contributed by atoms with Crippen LogP contribution in [0.15, 0.2) is 12.4 Å². The molecule has 128 valence electrons. The Hall–Kier alpha value is -2.38. The van der Waals surface area contributed by atoms with Crippen molar-refractivity contribution in [3.63, 3.8) is 0 Å². The van der Waals surface area contributed by atoms with Crippen LogP contribution in [-0.4, -0.2) is 36.1 Å². The van der Waals surface area contributed by atoms with Crippen molar-refractivity contribution in [3.8, 4) is 0 Å². The molecule has 10 nitrogen and oxygen atoms in total. The van der Waals surface area contributed by atoms with Gasteiger partial charge in [-0.05, 0) is 0 Å². The van der Waals surface area contributed by atoms with Crippen LogP contribution in [0.1, 0.15) is 34.8 Å². The summed E-state index contributed by atoms with van der Waals surface area (Å²) in [5.74, 6) is -0.417. The topological polar surface area (TPSA) is 139 Å². The van der Waals surface area contributed by atoms with E-state index in [1.807, 2.05) is 0 Å². The van der Waals surface area contributed by atoms with E-state index in [0.717, 1.165) is 6.20 Å². The second-order valence-electron chi connectivity index (χ2n) is 4.44. The molecular weight excluding hydrogens is 399 g/mol. The van der Waals surface area contributed by atoms with Crippen molar-refractivity contribution >= 4 is 22.9 Å². The number of nitro groups is 1. The number of hydrogen-bond donors (Lipinski definition) is 1. The van der Waals surface area contributed by atoms with Crippen LogP contribution in [0.4, 0.5) is 11.4 Å². The molecule has 2 heterocycles. The molecular formula is C12H16N6O4Pd. The number of rotatable bonds is 3. The Bertz CT molecular complexity index is 716. The third-order valence-corrected chi connectivity index (χ3v) is 2.75. The molecule has 0 saturated heterocycles. The number of aryl methyl sites for hydroxylation is 2. The molecule has 0 bridgehead atoms. The number of Topliss-reactive ketones (excluding diaryl/α,β-unsaturated/α-hetero) is 2. The van der Waals surface area contributed by atoms with Gasteiger partial charge in [0.25, 0.3) is 0 Å². The average Bonchev–Trinajstić information content (AvgIpc) is 2.93. The number of ketones is 2. The van der Waals surface area contributed by atoms with E-state index >= 15 is 0 Å². The molecule has 0 saturated carbocycles. The van der Waals surface area contributed by atoms with Crippen LogP contribution in [0.25, 0.3) is 0 Å². The monoisotopic (exact) mass is 414 g/mol. The predicted octanol–water partition coefficient (Wildman–Crippen LogP) is 0.733. The minimum absolute atomic E-state index is 0. The van der Waals surface area contributed by atoms with E-state index in [2.05, 4.69) is 10.2 Å². The molecule has 23 heavy (non-hydrogen) atoms. The Morgan fingerprint density at radius 3 is 1.78 bits per heavy atom. The largest absolute Gasteiger partial charge is 0.396 e. The van der Waals surface area contributed by atoms with Gasteiger partial charge < -0.3 is 5.73 Å². The molecule has 0 fully saturated rings. The Morgan fingerprint density at radius 1 is 1.09 bits per heavy atom. The van der Waals surface area contributed by atoms with E-state index in [1.165, 1.54) is 36.5 Å². The quantitative estimate of drug-likeness (QED) is 0.338. The van der Waals surface area contributed by atoms with Crippen molar-refractivity contribution in [2.75, 3.05) is 5.73 Å². The average molecular weight is 415 g/mol. The van der Waals surface area contributed by atoms with Gasteiger partial charge in [-0.15, -0.1) is 0 Å². The van der Waals surface area contributed by atoms with Crippen LogP contribution < -0.4 is 5.73 Å².